The Hall–Kier alpha value is -1.68. The highest BCUT2D eigenvalue weighted by Crippen LogP contribution is 2.39. The zero-order valence-electron chi connectivity index (χ0n) is 13.1. The Balaban J connectivity index is 2.27. The van der Waals surface area contributed by atoms with Gasteiger partial charge < -0.3 is 4.74 Å². The molecule has 4 nitrogen and oxygen atoms in total. The van der Waals surface area contributed by atoms with Crippen LogP contribution in [0.5, 0.6) is 0 Å². The summed E-state index contributed by atoms with van der Waals surface area (Å²) in [6.07, 6.45) is 0.302. The lowest BCUT2D eigenvalue weighted by atomic mass is 9.87. The summed E-state index contributed by atoms with van der Waals surface area (Å²) < 4.78 is 5.34. The summed E-state index contributed by atoms with van der Waals surface area (Å²) in [4.78, 5) is 24.3. The van der Waals surface area contributed by atoms with Crippen LogP contribution in [-0.2, 0) is 14.3 Å². The van der Waals surface area contributed by atoms with E-state index in [4.69, 9.17) is 4.74 Å². The second-order valence-electron chi connectivity index (χ2n) is 6.24. The van der Waals surface area contributed by atoms with Gasteiger partial charge in [-0.3, -0.25) is 14.9 Å². The molecule has 1 fully saturated rings. The van der Waals surface area contributed by atoms with E-state index in [1.165, 1.54) is 0 Å². The third-order valence-corrected chi connectivity index (χ3v) is 3.98. The Morgan fingerprint density at radius 3 is 2.43 bits per heavy atom. The molecule has 4 heteroatoms. The summed E-state index contributed by atoms with van der Waals surface area (Å²) >= 11 is 0. The minimum absolute atomic E-state index is 0.0948. The van der Waals surface area contributed by atoms with Crippen molar-refractivity contribution in [2.24, 2.45) is 5.92 Å². The highest BCUT2D eigenvalue weighted by atomic mass is 16.5. The second kappa shape index (κ2) is 5.98. The van der Waals surface area contributed by atoms with E-state index >= 15 is 0 Å². The van der Waals surface area contributed by atoms with Crippen LogP contribution in [0.2, 0.25) is 0 Å². The molecule has 0 radical (unpaired) electrons. The summed E-state index contributed by atoms with van der Waals surface area (Å²) in [6, 6.07) is 9.63. The molecular formula is C17H23NO3. The zero-order chi connectivity index (χ0) is 15.6. The molecule has 0 saturated carbocycles. The second-order valence-corrected chi connectivity index (χ2v) is 6.24. The first-order chi connectivity index (χ1) is 9.83. The summed E-state index contributed by atoms with van der Waals surface area (Å²) in [7, 11) is 0. The van der Waals surface area contributed by atoms with Crippen LogP contribution in [-0.4, -0.2) is 23.4 Å². The van der Waals surface area contributed by atoms with E-state index in [0.29, 0.717) is 6.42 Å². The minimum atomic E-state index is -0.818. The number of carbonyl (C=O) groups is 2. The monoisotopic (exact) mass is 289 g/mol. The van der Waals surface area contributed by atoms with Crippen molar-refractivity contribution in [2.45, 2.75) is 51.8 Å². The van der Waals surface area contributed by atoms with Gasteiger partial charge in [0.1, 0.15) is 11.3 Å². The minimum Gasteiger partial charge on any atom is -0.462 e. The molecule has 1 aliphatic heterocycles. The molecule has 3 atom stereocenters. The molecule has 114 valence electrons. The number of ketones is 1. The van der Waals surface area contributed by atoms with E-state index in [1.807, 2.05) is 51.1 Å². The number of ether oxygens (including phenoxy) is 1. The van der Waals surface area contributed by atoms with Crippen LogP contribution in [0.4, 0.5) is 0 Å². The van der Waals surface area contributed by atoms with Crippen molar-refractivity contribution in [3.63, 3.8) is 0 Å². The molecule has 0 aliphatic carbocycles. The third-order valence-electron chi connectivity index (χ3n) is 3.98. The molecule has 1 aromatic carbocycles. The van der Waals surface area contributed by atoms with Gasteiger partial charge in [-0.15, -0.1) is 0 Å². The maximum atomic E-state index is 12.3. The van der Waals surface area contributed by atoms with E-state index < -0.39 is 5.54 Å². The number of carbonyl (C=O) groups excluding carboxylic acids is 2. The number of hydrogen-bond acceptors (Lipinski definition) is 4. The van der Waals surface area contributed by atoms with Gasteiger partial charge in [-0.1, -0.05) is 30.3 Å². The first-order valence-corrected chi connectivity index (χ1v) is 7.37. The largest absolute Gasteiger partial charge is 0.462 e. The highest BCUT2D eigenvalue weighted by molar-refractivity contribution is 5.86. The quantitative estimate of drug-likeness (QED) is 0.866. The van der Waals surface area contributed by atoms with Crippen molar-refractivity contribution in [3.8, 4) is 0 Å². The SMILES string of the molecule is CC(=O)[C@@H]1CC(C)(C(=O)OC(C)C)N[C@@H]1c1ccccc1. The van der Waals surface area contributed by atoms with Crippen molar-refractivity contribution in [1.82, 2.24) is 5.32 Å². The average molecular weight is 289 g/mol. The Kier molecular flexibility index (Phi) is 4.47. The lowest BCUT2D eigenvalue weighted by Gasteiger charge is -2.25. The molecule has 1 aromatic rings. The van der Waals surface area contributed by atoms with Gasteiger partial charge in [0, 0.05) is 12.0 Å². The van der Waals surface area contributed by atoms with Crippen LogP contribution >= 0.6 is 0 Å². The molecule has 2 rings (SSSR count). The molecule has 0 aromatic heterocycles. The van der Waals surface area contributed by atoms with Gasteiger partial charge in [0.25, 0.3) is 0 Å². The molecule has 1 saturated heterocycles. The standard InChI is InChI=1S/C17H23NO3/c1-11(2)21-16(20)17(4)10-14(12(3)19)15(18-17)13-8-6-5-7-9-13/h5-9,11,14-15,18H,10H2,1-4H3/t14-,15+,17?/m0/s1. The van der Waals surface area contributed by atoms with E-state index in [1.54, 1.807) is 6.92 Å². The Labute approximate surface area is 125 Å². The van der Waals surface area contributed by atoms with Crippen molar-refractivity contribution >= 4 is 11.8 Å². The van der Waals surface area contributed by atoms with Gasteiger partial charge in [0.2, 0.25) is 0 Å². The maximum Gasteiger partial charge on any atom is 0.326 e. The summed E-state index contributed by atoms with van der Waals surface area (Å²) in [5, 5.41) is 3.32. The average Bonchev–Trinajstić information content (AvgIpc) is 2.79. The summed E-state index contributed by atoms with van der Waals surface area (Å²) in [5.41, 5.74) is 0.208. The molecule has 1 unspecified atom stereocenters. The number of rotatable bonds is 4. The van der Waals surface area contributed by atoms with Gasteiger partial charge in [-0.05, 0) is 39.7 Å². The fourth-order valence-corrected chi connectivity index (χ4v) is 2.90. The predicted molar refractivity (Wildman–Crippen MR) is 80.7 cm³/mol. The fourth-order valence-electron chi connectivity index (χ4n) is 2.90. The van der Waals surface area contributed by atoms with Crippen molar-refractivity contribution in [3.05, 3.63) is 35.9 Å². The first kappa shape index (κ1) is 15.7. The van der Waals surface area contributed by atoms with Gasteiger partial charge >= 0.3 is 5.97 Å². The van der Waals surface area contributed by atoms with E-state index in [0.717, 1.165) is 5.56 Å². The van der Waals surface area contributed by atoms with Gasteiger partial charge in [0.05, 0.1) is 6.10 Å². The van der Waals surface area contributed by atoms with E-state index in [9.17, 15) is 9.59 Å². The third kappa shape index (κ3) is 3.32. The molecule has 0 amide bonds. The molecule has 1 aliphatic rings. The molecule has 21 heavy (non-hydrogen) atoms. The highest BCUT2D eigenvalue weighted by Gasteiger charge is 2.49. The predicted octanol–water partition coefficient (Wildman–Crippen LogP) is 2.64. The molecule has 0 spiro atoms. The smallest absolute Gasteiger partial charge is 0.326 e. The van der Waals surface area contributed by atoms with E-state index in [2.05, 4.69) is 5.32 Å². The number of esters is 1. The molecule has 1 heterocycles. The zero-order valence-corrected chi connectivity index (χ0v) is 13.1. The molecular weight excluding hydrogens is 266 g/mol. The van der Waals surface area contributed by atoms with Crippen molar-refractivity contribution < 1.29 is 14.3 Å². The lowest BCUT2D eigenvalue weighted by Crippen LogP contribution is -2.47. The van der Waals surface area contributed by atoms with Crippen LogP contribution in [0.3, 0.4) is 0 Å². The number of nitrogens with one attached hydrogen (secondary N) is 1. The van der Waals surface area contributed by atoms with E-state index in [-0.39, 0.29) is 29.8 Å². The maximum absolute atomic E-state index is 12.3. The lowest BCUT2D eigenvalue weighted by molar-refractivity contribution is -0.154. The van der Waals surface area contributed by atoms with Crippen LogP contribution in [0.15, 0.2) is 30.3 Å². The van der Waals surface area contributed by atoms with Crippen LogP contribution in [0.25, 0.3) is 0 Å². The van der Waals surface area contributed by atoms with Gasteiger partial charge in [-0.25, -0.2) is 0 Å². The Morgan fingerprint density at radius 2 is 1.90 bits per heavy atom. The number of hydrogen-bond donors (Lipinski definition) is 1. The van der Waals surface area contributed by atoms with Crippen LogP contribution in [0.1, 0.15) is 45.7 Å². The Morgan fingerprint density at radius 1 is 1.29 bits per heavy atom. The van der Waals surface area contributed by atoms with Gasteiger partial charge in [0.15, 0.2) is 0 Å². The molecule has 0 bridgehead atoms. The topological polar surface area (TPSA) is 55.4 Å². The normalized spacial score (nSPS) is 28.6. The number of Topliss-reactive ketones (excluding diaryl/α,β-unsaturated/α-hetero) is 1. The van der Waals surface area contributed by atoms with Crippen LogP contribution < -0.4 is 5.32 Å². The fraction of sp³-hybridized carbons (Fsp3) is 0.529. The summed E-state index contributed by atoms with van der Waals surface area (Å²) in [5.74, 6) is -0.406. The summed E-state index contributed by atoms with van der Waals surface area (Å²) in [6.45, 7) is 7.05. The van der Waals surface area contributed by atoms with Gasteiger partial charge in [-0.2, -0.15) is 0 Å². The Bertz CT molecular complexity index is 526. The first-order valence-electron chi connectivity index (χ1n) is 7.37. The molecule has 1 N–H and O–H groups in total. The van der Waals surface area contributed by atoms with Crippen molar-refractivity contribution in [1.29, 1.82) is 0 Å². The van der Waals surface area contributed by atoms with Crippen molar-refractivity contribution in [2.75, 3.05) is 0 Å². The number of benzene rings is 1. The van der Waals surface area contributed by atoms with Crippen LogP contribution in [0, 0.1) is 5.92 Å².